The van der Waals surface area contributed by atoms with Crippen LogP contribution in [-0.4, -0.2) is 36.0 Å². The van der Waals surface area contributed by atoms with Gasteiger partial charge in [0.1, 0.15) is 25.7 Å². The van der Waals surface area contributed by atoms with Crippen molar-refractivity contribution in [2.75, 3.05) is 20.0 Å². The van der Waals surface area contributed by atoms with Crippen LogP contribution in [-0.2, 0) is 9.47 Å². The third-order valence-electron chi connectivity index (χ3n) is 2.04. The summed E-state index contributed by atoms with van der Waals surface area (Å²) >= 11 is 0. The van der Waals surface area contributed by atoms with Crippen molar-refractivity contribution in [1.82, 2.24) is 4.98 Å². The number of hydrogen-bond donors (Lipinski definition) is 0. The molecule has 1 aliphatic rings. The maximum Gasteiger partial charge on any atom is 0.406 e. The first-order chi connectivity index (χ1) is 7.77. The first kappa shape index (κ1) is 10.8. The Labute approximate surface area is 91.1 Å². The molecule has 7 heteroatoms. The van der Waals surface area contributed by atoms with Crippen LogP contribution in [0.25, 0.3) is 0 Å². The minimum Gasteiger partial charge on any atom is -0.483 e. The zero-order valence-corrected chi connectivity index (χ0v) is 8.37. The Balaban J connectivity index is 2.00. The van der Waals surface area contributed by atoms with Gasteiger partial charge in [-0.2, -0.15) is 0 Å². The number of rotatable bonds is 4. The second-order valence-corrected chi connectivity index (χ2v) is 3.17. The van der Waals surface area contributed by atoms with E-state index < -0.39 is 4.92 Å². The van der Waals surface area contributed by atoms with Gasteiger partial charge in [0, 0.05) is 0 Å². The molecule has 0 aliphatic carbocycles. The first-order valence-corrected chi connectivity index (χ1v) is 4.69. The van der Waals surface area contributed by atoms with Gasteiger partial charge in [0.2, 0.25) is 5.75 Å². The van der Waals surface area contributed by atoms with E-state index in [-0.39, 0.29) is 31.1 Å². The van der Waals surface area contributed by atoms with E-state index in [2.05, 4.69) is 4.98 Å². The highest BCUT2D eigenvalue weighted by Gasteiger charge is 2.20. The SMILES string of the molecule is O=[N+]([O-])c1ncccc1OCC1COCO1. The molecule has 2 heterocycles. The van der Waals surface area contributed by atoms with Gasteiger partial charge in [-0.15, -0.1) is 0 Å². The lowest BCUT2D eigenvalue weighted by Gasteiger charge is -2.09. The lowest BCUT2D eigenvalue weighted by Crippen LogP contribution is -2.20. The Morgan fingerprint density at radius 3 is 3.25 bits per heavy atom. The van der Waals surface area contributed by atoms with Crippen LogP contribution >= 0.6 is 0 Å². The van der Waals surface area contributed by atoms with Crippen LogP contribution in [0.1, 0.15) is 0 Å². The van der Waals surface area contributed by atoms with Crippen molar-refractivity contribution in [1.29, 1.82) is 0 Å². The molecule has 7 nitrogen and oxygen atoms in total. The Hall–Kier alpha value is -1.73. The molecule has 0 amide bonds. The molecule has 16 heavy (non-hydrogen) atoms. The second kappa shape index (κ2) is 4.86. The number of hydrogen-bond acceptors (Lipinski definition) is 6. The molecule has 0 aromatic carbocycles. The van der Waals surface area contributed by atoms with Crippen LogP contribution in [0.5, 0.6) is 5.75 Å². The summed E-state index contributed by atoms with van der Waals surface area (Å²) < 4.78 is 15.4. The van der Waals surface area contributed by atoms with Crippen LogP contribution in [0.2, 0.25) is 0 Å². The van der Waals surface area contributed by atoms with E-state index in [9.17, 15) is 10.1 Å². The molecule has 2 rings (SSSR count). The molecule has 0 bridgehead atoms. The topological polar surface area (TPSA) is 83.7 Å². The highest BCUT2D eigenvalue weighted by atomic mass is 16.7. The monoisotopic (exact) mass is 226 g/mol. The number of ether oxygens (including phenoxy) is 3. The lowest BCUT2D eigenvalue weighted by atomic mass is 10.4. The average Bonchev–Trinajstić information content (AvgIpc) is 2.79. The highest BCUT2D eigenvalue weighted by Crippen LogP contribution is 2.23. The molecule has 1 atom stereocenters. The summed E-state index contributed by atoms with van der Waals surface area (Å²) in [5, 5.41) is 10.6. The maximum atomic E-state index is 10.6. The summed E-state index contributed by atoms with van der Waals surface area (Å²) in [5.41, 5.74) is 0. The molecule has 0 N–H and O–H groups in total. The Kier molecular flexibility index (Phi) is 3.28. The molecule has 1 aromatic heterocycles. The van der Waals surface area contributed by atoms with E-state index in [1.165, 1.54) is 12.3 Å². The third-order valence-corrected chi connectivity index (χ3v) is 2.04. The Morgan fingerprint density at radius 1 is 1.69 bits per heavy atom. The number of nitrogens with zero attached hydrogens (tertiary/aromatic N) is 2. The standard InChI is InChI=1S/C9H10N2O5/c12-11(13)9-8(2-1-3-10-9)15-5-7-4-14-6-16-7/h1-3,7H,4-6H2. The molecular weight excluding hydrogens is 216 g/mol. The molecule has 1 fully saturated rings. The summed E-state index contributed by atoms with van der Waals surface area (Å²) in [6.07, 6.45) is 1.17. The van der Waals surface area contributed by atoms with Crippen LogP contribution in [0.15, 0.2) is 18.3 Å². The third kappa shape index (κ3) is 2.44. The van der Waals surface area contributed by atoms with Crippen molar-refractivity contribution < 1.29 is 19.1 Å². The zero-order valence-electron chi connectivity index (χ0n) is 8.37. The van der Waals surface area contributed by atoms with Gasteiger partial charge in [-0.3, -0.25) is 0 Å². The van der Waals surface area contributed by atoms with E-state index >= 15 is 0 Å². The fraction of sp³-hybridized carbons (Fsp3) is 0.444. The van der Waals surface area contributed by atoms with E-state index in [0.29, 0.717) is 6.61 Å². The molecule has 86 valence electrons. The summed E-state index contributed by atoms with van der Waals surface area (Å²) in [6, 6.07) is 3.08. The zero-order chi connectivity index (χ0) is 11.4. The van der Waals surface area contributed by atoms with E-state index in [4.69, 9.17) is 14.2 Å². The van der Waals surface area contributed by atoms with E-state index in [1.807, 2.05) is 0 Å². The molecule has 1 saturated heterocycles. The second-order valence-electron chi connectivity index (χ2n) is 3.17. The Morgan fingerprint density at radius 2 is 2.56 bits per heavy atom. The summed E-state index contributed by atoms with van der Waals surface area (Å²) in [4.78, 5) is 13.7. The quantitative estimate of drug-likeness (QED) is 0.556. The predicted octanol–water partition coefficient (Wildman–Crippen LogP) is 0.741. The fourth-order valence-electron chi connectivity index (χ4n) is 1.28. The Bertz CT molecular complexity index is 378. The highest BCUT2D eigenvalue weighted by molar-refractivity contribution is 5.38. The van der Waals surface area contributed by atoms with Crippen molar-refractivity contribution in [3.63, 3.8) is 0 Å². The molecular formula is C9H10N2O5. The van der Waals surface area contributed by atoms with Gasteiger partial charge in [0.25, 0.3) is 0 Å². The van der Waals surface area contributed by atoms with E-state index in [0.717, 1.165) is 0 Å². The van der Waals surface area contributed by atoms with Crippen molar-refractivity contribution >= 4 is 5.82 Å². The molecule has 0 spiro atoms. The maximum absolute atomic E-state index is 10.6. The summed E-state index contributed by atoms with van der Waals surface area (Å²) in [7, 11) is 0. The lowest BCUT2D eigenvalue weighted by molar-refractivity contribution is -0.390. The van der Waals surface area contributed by atoms with Gasteiger partial charge in [-0.1, -0.05) is 0 Å². The summed E-state index contributed by atoms with van der Waals surface area (Å²) in [5.74, 6) is -0.149. The number of pyridine rings is 1. The van der Waals surface area contributed by atoms with Crippen molar-refractivity contribution in [3.8, 4) is 5.75 Å². The minimum absolute atomic E-state index is 0.142. The molecule has 0 radical (unpaired) electrons. The van der Waals surface area contributed by atoms with Crippen molar-refractivity contribution in [3.05, 3.63) is 28.4 Å². The fourth-order valence-corrected chi connectivity index (χ4v) is 1.28. The van der Waals surface area contributed by atoms with Gasteiger partial charge in [-0.25, -0.2) is 0 Å². The van der Waals surface area contributed by atoms with Gasteiger partial charge in [-0.05, 0) is 22.0 Å². The first-order valence-electron chi connectivity index (χ1n) is 4.69. The number of aromatic nitrogens is 1. The van der Waals surface area contributed by atoms with Gasteiger partial charge in [0.15, 0.2) is 0 Å². The van der Waals surface area contributed by atoms with Gasteiger partial charge < -0.3 is 24.3 Å². The van der Waals surface area contributed by atoms with Crippen LogP contribution in [0.4, 0.5) is 5.82 Å². The smallest absolute Gasteiger partial charge is 0.406 e. The number of nitro groups is 1. The predicted molar refractivity (Wildman–Crippen MR) is 52.1 cm³/mol. The minimum atomic E-state index is -0.582. The van der Waals surface area contributed by atoms with Crippen molar-refractivity contribution in [2.24, 2.45) is 0 Å². The van der Waals surface area contributed by atoms with E-state index in [1.54, 1.807) is 6.07 Å². The van der Waals surface area contributed by atoms with Crippen LogP contribution in [0, 0.1) is 10.1 Å². The normalized spacial score (nSPS) is 19.6. The van der Waals surface area contributed by atoms with Gasteiger partial charge >= 0.3 is 5.82 Å². The van der Waals surface area contributed by atoms with Crippen LogP contribution in [0.3, 0.4) is 0 Å². The summed E-state index contributed by atoms with van der Waals surface area (Å²) in [6.45, 7) is 0.893. The van der Waals surface area contributed by atoms with Crippen molar-refractivity contribution in [2.45, 2.75) is 6.10 Å². The molecule has 1 unspecified atom stereocenters. The van der Waals surface area contributed by atoms with Gasteiger partial charge in [0.05, 0.1) is 6.61 Å². The van der Waals surface area contributed by atoms with Crippen LogP contribution < -0.4 is 4.74 Å². The molecule has 0 saturated carbocycles. The molecule has 1 aromatic rings. The average molecular weight is 226 g/mol. The molecule has 1 aliphatic heterocycles. The largest absolute Gasteiger partial charge is 0.483 e.